The van der Waals surface area contributed by atoms with Gasteiger partial charge in [0, 0.05) is 53.9 Å². The molecule has 0 bridgehead atoms. The van der Waals surface area contributed by atoms with Crippen molar-refractivity contribution < 1.29 is 248 Å². The second-order valence-electron chi connectivity index (χ2n) is 15.2. The Kier molecular flexibility index (Phi) is 58.3. The van der Waals surface area contributed by atoms with Crippen LogP contribution in [0, 0.1) is 41.0 Å². The predicted octanol–water partition coefficient (Wildman–Crippen LogP) is 7.09. The Morgan fingerprint density at radius 2 is 0.744 bits per heavy atom. The molecular weight excluding hydrogens is 1740 g/mol. The molecule has 0 aliphatic heterocycles. The van der Waals surface area contributed by atoms with Crippen molar-refractivity contribution in [2.75, 3.05) is 31.4 Å². The number of fused-ring (bicyclic) bond motifs is 5. The van der Waals surface area contributed by atoms with E-state index < -0.39 is 29.3 Å². The number of hydrogen-bond acceptors (Lipinski definition) is 13. The molecule has 0 saturated heterocycles. The molecule has 0 aliphatic carbocycles. The number of carbonyl (C=O) groups excluding carboxylic acids is 1. The van der Waals surface area contributed by atoms with Crippen molar-refractivity contribution in [2.24, 2.45) is 0 Å². The molecule has 13 nitrogen and oxygen atoms in total. The van der Waals surface area contributed by atoms with Gasteiger partial charge in [-0.25, -0.2) is 46.9 Å². The van der Waals surface area contributed by atoms with Gasteiger partial charge in [-0.2, -0.15) is 8.78 Å². The van der Waals surface area contributed by atoms with E-state index in [1.165, 1.54) is 103 Å². The zero-order valence-corrected chi connectivity index (χ0v) is 69.0. The number of nitrogens with zero attached hydrogens (tertiary/aromatic N) is 5. The van der Waals surface area contributed by atoms with Gasteiger partial charge in [-0.15, -0.1) is 47.3 Å². The van der Waals surface area contributed by atoms with Crippen LogP contribution in [0.3, 0.4) is 0 Å². The smallest absolute Gasteiger partial charge is 1.00 e. The molecule has 1 N–H and O–H groups in total. The van der Waals surface area contributed by atoms with Gasteiger partial charge >= 0.3 is 175 Å². The number of ether oxygens (including phenoxy) is 4. The molecule has 0 fully saturated rings. The SMILES string of the molecule is BrB(Br)Br.C.C.C.CCI.CCOc1cnc(Cl)c2cc(F)ccc12.CCOc1cnc(F)c2cc(F)ccc12.CCOc1cnc(F)c2cc(F)ccc12.COc1cnc(Cl)c2cc(F)ccc12.O=CO[O-].Oc1cnc(Cl)c2cc(F)ccc12.[Cs+].[F-].[H-].[K+].[K+]. The van der Waals surface area contributed by atoms with Crippen LogP contribution in [0.5, 0.6) is 28.7 Å². The number of carbonyl (C=O) groups is 1. The summed E-state index contributed by atoms with van der Waals surface area (Å²) < 4.78 is 113. The summed E-state index contributed by atoms with van der Waals surface area (Å²) in [7, 11) is 1.54. The molecule has 0 amide bonds. The average Bonchev–Trinajstić information content (AvgIpc) is 3.52. The molecule has 90 heavy (non-hydrogen) atoms. The molecular formula is C58H58BBr3Cl3CsF8IK2N5O8. The van der Waals surface area contributed by atoms with Crippen LogP contribution >= 0.6 is 105 Å². The third-order valence-corrected chi connectivity index (χ3v) is 10.9. The Labute approximate surface area is 716 Å². The summed E-state index contributed by atoms with van der Waals surface area (Å²) in [5.41, 5.74) is 0. The van der Waals surface area contributed by atoms with E-state index in [-0.39, 0.29) is 253 Å². The third kappa shape index (κ3) is 32.7. The largest absolute Gasteiger partial charge is 1.00 e. The van der Waals surface area contributed by atoms with Crippen LogP contribution in [-0.2, 0) is 9.68 Å². The zero-order valence-electron chi connectivity index (χ0n) is 48.2. The van der Waals surface area contributed by atoms with E-state index in [1.54, 1.807) is 18.3 Å². The van der Waals surface area contributed by atoms with Crippen LogP contribution in [0.15, 0.2) is 122 Å². The van der Waals surface area contributed by atoms with E-state index in [0.717, 1.165) is 22.9 Å². The Morgan fingerprint density at radius 3 is 1.03 bits per heavy atom. The second-order valence-corrected chi connectivity index (χ2v) is 24.3. The molecule has 474 valence electrons. The normalized spacial score (nSPS) is 9.20. The number of aromatic nitrogens is 5. The van der Waals surface area contributed by atoms with Crippen LogP contribution in [0.2, 0.25) is 15.5 Å². The number of rotatable bonds is 8. The van der Waals surface area contributed by atoms with Gasteiger partial charge in [-0.3, -0.25) is 4.79 Å². The number of benzene rings is 5. The molecule has 32 heteroatoms. The minimum absolute atomic E-state index is 0. The van der Waals surface area contributed by atoms with Crippen molar-refractivity contribution in [3.8, 4) is 28.7 Å². The quantitative estimate of drug-likeness (QED) is 0.0239. The van der Waals surface area contributed by atoms with Crippen LogP contribution in [0.1, 0.15) is 51.4 Å². The number of pyridine rings is 5. The molecule has 10 rings (SSSR count). The zero-order chi connectivity index (χ0) is 61.8. The number of aromatic hydroxyl groups is 1. The summed E-state index contributed by atoms with van der Waals surface area (Å²) >= 11 is 29.0. The monoisotopic (exact) mass is 1790 g/mol. The Hall–Kier alpha value is -0.550. The molecule has 5 aromatic carbocycles. The first-order valence-electron chi connectivity index (χ1n) is 23.6. The van der Waals surface area contributed by atoms with Crippen LogP contribution in [-0.4, -0.2) is 71.0 Å². The summed E-state index contributed by atoms with van der Waals surface area (Å²) in [5.74, 6) is -1.28. The second kappa shape index (κ2) is 53.5. The minimum atomic E-state index is -0.687. The summed E-state index contributed by atoms with van der Waals surface area (Å²) in [5, 5.41) is 23.5. The van der Waals surface area contributed by atoms with E-state index in [9.17, 15) is 35.8 Å². The molecule has 5 heterocycles. The minimum Gasteiger partial charge on any atom is -1.00 e. The Morgan fingerprint density at radius 1 is 0.511 bits per heavy atom. The van der Waals surface area contributed by atoms with E-state index in [4.69, 9.17) is 63.8 Å². The Balaban J connectivity index is -0.000000233. The predicted molar refractivity (Wildman–Crippen MR) is 351 cm³/mol. The van der Waals surface area contributed by atoms with Crippen molar-refractivity contribution >= 4 is 168 Å². The number of methoxy groups -OCH3 is 1. The van der Waals surface area contributed by atoms with Crippen molar-refractivity contribution in [1.82, 2.24) is 24.9 Å². The van der Waals surface area contributed by atoms with Gasteiger partial charge in [0.1, 0.15) is 73.3 Å². The molecule has 0 unspecified atom stereocenters. The number of hydrogen-bond donors (Lipinski definition) is 1. The first-order chi connectivity index (χ1) is 39.6. The maximum atomic E-state index is 13.3. The first-order valence-corrected chi connectivity index (χ1v) is 29.0. The number of alkyl halides is 1. The van der Waals surface area contributed by atoms with Crippen molar-refractivity contribution in [3.05, 3.63) is 178 Å². The topological polar surface area (TPSA) is 171 Å². The van der Waals surface area contributed by atoms with Gasteiger partial charge in [-0.05, 0) is 116 Å². The molecule has 10 aromatic rings. The Bertz CT molecular complexity index is 3530. The van der Waals surface area contributed by atoms with Gasteiger partial charge < -0.3 is 40.3 Å². The van der Waals surface area contributed by atoms with E-state index in [0.29, 0.717) is 75.1 Å². The fourth-order valence-electron chi connectivity index (χ4n) is 6.77. The van der Waals surface area contributed by atoms with E-state index >= 15 is 0 Å². The maximum absolute atomic E-state index is 13.3. The molecule has 0 radical (unpaired) electrons. The van der Waals surface area contributed by atoms with Crippen molar-refractivity contribution in [3.63, 3.8) is 0 Å². The van der Waals surface area contributed by atoms with Gasteiger partial charge in [0.25, 0.3) is 6.47 Å². The molecule has 0 atom stereocenters. The van der Waals surface area contributed by atoms with Crippen LogP contribution in [0.25, 0.3) is 53.9 Å². The van der Waals surface area contributed by atoms with Crippen LogP contribution in [0.4, 0.5) is 30.7 Å². The number of halogens is 15. The summed E-state index contributed by atoms with van der Waals surface area (Å²) in [6.07, 6.45) is 6.91. The molecule has 0 spiro atoms. The van der Waals surface area contributed by atoms with Gasteiger partial charge in [0.05, 0.1) is 57.9 Å². The van der Waals surface area contributed by atoms with Crippen LogP contribution < -0.4 is 201 Å². The first kappa shape index (κ1) is 98.1. The average molecular weight is 1800 g/mol. The summed E-state index contributed by atoms with van der Waals surface area (Å²) in [6.45, 7) is 8.90. The molecule has 5 aromatic heterocycles. The summed E-state index contributed by atoms with van der Waals surface area (Å²) in [6, 6.07) is 20.4. The fraction of sp³-hybridized carbons (Fsp3) is 0.207. The molecule has 0 aliphatic rings. The van der Waals surface area contributed by atoms with Gasteiger partial charge in [0.2, 0.25) is 11.9 Å². The maximum Gasteiger partial charge on any atom is 1.00 e. The fourth-order valence-corrected chi connectivity index (χ4v) is 7.38. The van der Waals surface area contributed by atoms with Gasteiger partial charge in [0.15, 0.2) is 0 Å². The molecule has 0 saturated carbocycles. The van der Waals surface area contributed by atoms with E-state index in [1.807, 2.05) is 20.8 Å². The van der Waals surface area contributed by atoms with E-state index in [2.05, 4.69) is 107 Å². The summed E-state index contributed by atoms with van der Waals surface area (Å²) in [4.78, 5) is 29.8. The third-order valence-electron chi connectivity index (χ3n) is 10.00. The standard InChI is InChI=1S/C11H9ClFNO.2C11H9F2NO.C10H7ClFNO.C9H5ClFNO.C2H5I.CH2O3.3CH4.BBr3.Cs.FH.2K.H/c1-2-15-10-6-14-11(12)9-5-7(13)3-4-8(9)10;2*1-2-15-10-6-14-11(13)9-5-7(12)3-4-8(9)10;1-14-9-5-13-10(11)8-4-6(12)2-3-7(8)9;10-9-7-3-5(11)1-2-6(7)8(13)4-12-9;1-2-3;2-1-4-3;;;;2-1(3)4;;;;;/h3*3-6H,2H2,1H3;2-5H,1H3;1-4,13H;2H2,1H3;1,3H;3*1H4;;;1H;;;/q;;;;;;;;;;;+1;;2*+1;-1/p-2. The van der Waals surface area contributed by atoms with Crippen molar-refractivity contribution in [1.29, 1.82) is 0 Å². The van der Waals surface area contributed by atoms with Crippen molar-refractivity contribution in [2.45, 2.75) is 50.0 Å². The van der Waals surface area contributed by atoms with Gasteiger partial charge in [-0.1, -0.05) is 86.6 Å².